The highest BCUT2D eigenvalue weighted by Gasteiger charge is 2.43. The van der Waals surface area contributed by atoms with E-state index in [-0.39, 0.29) is 47.9 Å². The van der Waals surface area contributed by atoms with Gasteiger partial charge in [0.1, 0.15) is 12.1 Å². The maximum absolute atomic E-state index is 14.2. The predicted octanol–water partition coefficient (Wildman–Crippen LogP) is 4.08. The molecule has 12 nitrogen and oxygen atoms in total. The summed E-state index contributed by atoms with van der Waals surface area (Å²) in [6.45, 7) is 13.8. The van der Waals surface area contributed by atoms with Crippen molar-refractivity contribution in [3.63, 3.8) is 0 Å². The summed E-state index contributed by atoms with van der Waals surface area (Å²) >= 11 is 5.75. The molecule has 0 bridgehead atoms. The van der Waals surface area contributed by atoms with Gasteiger partial charge < -0.3 is 40.3 Å². The average molecular weight is 736 g/mol. The summed E-state index contributed by atoms with van der Waals surface area (Å²) in [5, 5.41) is 19.0. The number of likely N-dealkylation sites (N-methyl/N-ethyl adjacent to an activating group) is 2. The van der Waals surface area contributed by atoms with E-state index in [0.717, 1.165) is 31.3 Å². The second-order valence-electron chi connectivity index (χ2n) is 15.1. The first-order valence-electron chi connectivity index (χ1n) is 18.4. The zero-order valence-corrected chi connectivity index (χ0v) is 33.6. The number of ether oxygens (including phenoxy) is 2. The Labute approximate surface area is 311 Å². The van der Waals surface area contributed by atoms with Crippen LogP contribution in [0.1, 0.15) is 93.4 Å². The number of carbonyl (C=O) groups is 4. The zero-order chi connectivity index (χ0) is 38.6. The third-order valence-electron chi connectivity index (χ3n) is 10.9. The van der Waals surface area contributed by atoms with Crippen molar-refractivity contribution in [3.05, 3.63) is 23.8 Å². The van der Waals surface area contributed by atoms with Gasteiger partial charge in [0.15, 0.2) is 0 Å². The van der Waals surface area contributed by atoms with Crippen LogP contribution in [0.15, 0.2) is 23.8 Å². The molecule has 4 N–H and O–H groups in total. The van der Waals surface area contributed by atoms with Crippen LogP contribution in [0.5, 0.6) is 0 Å². The van der Waals surface area contributed by atoms with Crippen molar-refractivity contribution in [1.29, 1.82) is 0 Å². The number of rotatable bonds is 20. The molecule has 6 unspecified atom stereocenters. The standard InChI is InChI=1S/C38H65N5O7S/c1-12-24(4)32(42(9)35(45)31(23(2)3)41-37(48)38(6,7)39-8)29(49-10)22-30(44)43-20-16-19-28(43)33(50-11)25(5)34(51)40-27(36(46)47)21-26-17-14-13-15-18-26/h13-14,17,23-25,27-29,31-33,39H,12,15-16,18-22H2,1-11H3,(H,40,51)(H,41,48)(H,46,47)/t24?,25?,27-,28?,29+,31?,32?,33?/m0/s1. The molecule has 0 spiro atoms. The summed E-state index contributed by atoms with van der Waals surface area (Å²) < 4.78 is 12.0. The Kier molecular flexibility index (Phi) is 17.7. The number of thiocarbonyl (C=S) groups is 1. The average Bonchev–Trinajstić information content (AvgIpc) is 3.59. The Balaban J connectivity index is 2.25. The monoisotopic (exact) mass is 735 g/mol. The summed E-state index contributed by atoms with van der Waals surface area (Å²) in [6, 6.07) is -2.35. The Morgan fingerprint density at radius 1 is 1.12 bits per heavy atom. The number of hydrogen-bond acceptors (Lipinski definition) is 8. The fourth-order valence-electron chi connectivity index (χ4n) is 7.06. The molecule has 8 atom stereocenters. The van der Waals surface area contributed by atoms with E-state index in [1.165, 1.54) is 0 Å². The number of allylic oxidation sites excluding steroid dienone is 3. The number of amides is 3. The number of nitrogens with zero attached hydrogens (tertiary/aromatic N) is 2. The van der Waals surface area contributed by atoms with E-state index in [0.29, 0.717) is 24.4 Å². The van der Waals surface area contributed by atoms with Crippen LogP contribution in [-0.2, 0) is 28.7 Å². The smallest absolute Gasteiger partial charge is 0.326 e. The summed E-state index contributed by atoms with van der Waals surface area (Å²) in [6.07, 6.45) is 9.24. The lowest BCUT2D eigenvalue weighted by molar-refractivity contribution is -0.147. The largest absolute Gasteiger partial charge is 0.480 e. The Morgan fingerprint density at radius 2 is 1.78 bits per heavy atom. The van der Waals surface area contributed by atoms with Crippen molar-refractivity contribution in [2.45, 2.75) is 135 Å². The molecular formula is C38H65N5O7S. The molecule has 1 aliphatic carbocycles. The van der Waals surface area contributed by atoms with Gasteiger partial charge in [0.25, 0.3) is 0 Å². The van der Waals surface area contributed by atoms with Crippen molar-refractivity contribution < 1.29 is 33.8 Å². The molecule has 0 aromatic carbocycles. The molecule has 290 valence electrons. The van der Waals surface area contributed by atoms with Crippen molar-refractivity contribution in [3.8, 4) is 0 Å². The van der Waals surface area contributed by atoms with Crippen LogP contribution < -0.4 is 16.0 Å². The molecule has 1 aliphatic heterocycles. The second-order valence-corrected chi connectivity index (χ2v) is 15.5. The van der Waals surface area contributed by atoms with E-state index < -0.39 is 41.8 Å². The van der Waals surface area contributed by atoms with E-state index in [4.69, 9.17) is 21.7 Å². The van der Waals surface area contributed by atoms with Gasteiger partial charge in [-0.2, -0.15) is 0 Å². The molecule has 1 saturated heterocycles. The second kappa shape index (κ2) is 20.4. The van der Waals surface area contributed by atoms with E-state index in [1.54, 1.807) is 47.1 Å². The highest BCUT2D eigenvalue weighted by molar-refractivity contribution is 7.80. The number of hydrogen-bond donors (Lipinski definition) is 4. The first-order valence-corrected chi connectivity index (χ1v) is 18.9. The summed E-state index contributed by atoms with van der Waals surface area (Å²) in [7, 11) is 6.58. The fraction of sp³-hybridized carbons (Fsp3) is 0.763. The molecule has 2 rings (SSSR count). The van der Waals surface area contributed by atoms with Gasteiger partial charge in [0.05, 0.1) is 41.2 Å². The Morgan fingerprint density at radius 3 is 2.29 bits per heavy atom. The van der Waals surface area contributed by atoms with Gasteiger partial charge in [-0.25, -0.2) is 4.79 Å². The van der Waals surface area contributed by atoms with Crippen LogP contribution in [0.4, 0.5) is 0 Å². The quantitative estimate of drug-likeness (QED) is 0.135. The topological polar surface area (TPSA) is 150 Å². The molecule has 51 heavy (non-hydrogen) atoms. The lowest BCUT2D eigenvalue weighted by atomic mass is 9.89. The van der Waals surface area contributed by atoms with Gasteiger partial charge in [-0.3, -0.25) is 14.4 Å². The molecule has 3 amide bonds. The van der Waals surface area contributed by atoms with Crippen LogP contribution in [0.3, 0.4) is 0 Å². The highest BCUT2D eigenvalue weighted by Crippen LogP contribution is 2.30. The van der Waals surface area contributed by atoms with E-state index in [1.807, 2.05) is 51.7 Å². The van der Waals surface area contributed by atoms with E-state index in [2.05, 4.69) is 22.0 Å². The number of methoxy groups -OCH3 is 2. The van der Waals surface area contributed by atoms with Crippen LogP contribution in [-0.4, -0.2) is 120 Å². The van der Waals surface area contributed by atoms with Gasteiger partial charge in [-0.05, 0) is 64.8 Å². The first-order chi connectivity index (χ1) is 23.9. The third-order valence-corrected chi connectivity index (χ3v) is 11.3. The minimum atomic E-state index is -0.972. The SMILES string of the molecule is CCC(C)C([C@@H](CC(=O)N1CCCC1C(OC)C(C)C(=S)N[C@@H](CC1=CC=CCC1)C(=O)O)OC)N(C)C(=O)C(NC(=O)C(C)(C)NC)C(C)C. The van der Waals surface area contributed by atoms with E-state index >= 15 is 0 Å². The molecule has 2 aliphatic rings. The van der Waals surface area contributed by atoms with Crippen molar-refractivity contribution in [2.24, 2.45) is 17.8 Å². The van der Waals surface area contributed by atoms with E-state index in [9.17, 15) is 24.3 Å². The first kappa shape index (κ1) is 44.3. The van der Waals surface area contributed by atoms with Gasteiger partial charge >= 0.3 is 5.97 Å². The van der Waals surface area contributed by atoms with Gasteiger partial charge in [0.2, 0.25) is 17.7 Å². The van der Waals surface area contributed by atoms with Gasteiger partial charge in [0, 0.05) is 33.7 Å². The molecule has 1 fully saturated rings. The van der Waals surface area contributed by atoms with Crippen LogP contribution >= 0.6 is 12.2 Å². The molecule has 0 saturated carbocycles. The van der Waals surface area contributed by atoms with Crippen molar-refractivity contribution >= 4 is 40.9 Å². The number of likely N-dealkylation sites (tertiary alicyclic amines) is 1. The maximum atomic E-state index is 14.2. The van der Waals surface area contributed by atoms with Crippen LogP contribution in [0.25, 0.3) is 0 Å². The lowest BCUT2D eigenvalue weighted by Crippen LogP contribution is -2.61. The van der Waals surface area contributed by atoms with Crippen LogP contribution in [0.2, 0.25) is 0 Å². The summed E-state index contributed by atoms with van der Waals surface area (Å²) in [4.78, 5) is 57.3. The number of carbonyl (C=O) groups excluding carboxylic acids is 3. The van der Waals surface area contributed by atoms with Crippen molar-refractivity contribution in [1.82, 2.24) is 25.8 Å². The molecule has 0 aromatic rings. The molecule has 13 heteroatoms. The number of aliphatic carboxylic acids is 1. The summed E-state index contributed by atoms with van der Waals surface area (Å²) in [5.74, 6) is -2.16. The normalized spacial score (nSPS) is 20.4. The highest BCUT2D eigenvalue weighted by atomic mass is 32.1. The molecule has 0 radical (unpaired) electrons. The van der Waals surface area contributed by atoms with Crippen LogP contribution in [0, 0.1) is 17.8 Å². The summed E-state index contributed by atoms with van der Waals surface area (Å²) in [5.41, 5.74) is 0.192. The number of carboxylic acid groups (broad SMARTS) is 1. The molecular weight excluding hydrogens is 671 g/mol. The van der Waals surface area contributed by atoms with Gasteiger partial charge in [-0.1, -0.05) is 77.1 Å². The molecule has 0 aromatic heterocycles. The minimum Gasteiger partial charge on any atom is -0.480 e. The van der Waals surface area contributed by atoms with Gasteiger partial charge in [-0.15, -0.1) is 0 Å². The van der Waals surface area contributed by atoms with Crippen molar-refractivity contribution in [2.75, 3.05) is 34.9 Å². The minimum absolute atomic E-state index is 0.0129. The number of nitrogens with one attached hydrogen (secondary N) is 3. The third kappa shape index (κ3) is 11.8. The molecule has 1 heterocycles. The zero-order valence-electron chi connectivity index (χ0n) is 32.8. The lowest BCUT2D eigenvalue weighted by Gasteiger charge is -2.41. The predicted molar refractivity (Wildman–Crippen MR) is 204 cm³/mol. The Bertz CT molecular complexity index is 1270. The maximum Gasteiger partial charge on any atom is 0.326 e. The Hall–Kier alpha value is -2.87. The number of carboxylic acids is 1. The fourth-order valence-corrected chi connectivity index (χ4v) is 7.34.